The van der Waals surface area contributed by atoms with Crippen LogP contribution < -0.4 is 22.1 Å². The van der Waals surface area contributed by atoms with Crippen molar-refractivity contribution >= 4 is 34.2 Å². The van der Waals surface area contributed by atoms with Crippen LogP contribution >= 0.6 is 11.3 Å². The quantitative estimate of drug-likeness (QED) is 0.558. The maximum absolute atomic E-state index is 10.7. The fraction of sp³-hybridized carbons (Fsp3) is 0.500. The number of carbonyl (C=O) groups excluding carboxylic acids is 2. The van der Waals surface area contributed by atoms with Crippen LogP contribution in [0.1, 0.15) is 35.2 Å². The van der Waals surface area contributed by atoms with Gasteiger partial charge in [0.05, 0.1) is 11.5 Å². The normalized spacial score (nSPS) is 17.3. The first-order valence-corrected chi connectivity index (χ1v) is 8.08. The molecule has 1 atom stereocenters. The Balaban J connectivity index is 0.000000238. The highest BCUT2D eigenvalue weighted by Gasteiger charge is 2.17. The van der Waals surface area contributed by atoms with E-state index in [0.717, 1.165) is 37.3 Å². The third-order valence-electron chi connectivity index (χ3n) is 3.37. The summed E-state index contributed by atoms with van der Waals surface area (Å²) in [5, 5.41) is 16.1. The lowest BCUT2D eigenvalue weighted by Gasteiger charge is -2.07. The number of amides is 3. The maximum atomic E-state index is 10.7. The Labute approximate surface area is 138 Å². The lowest BCUT2D eigenvalue weighted by molar-refractivity contribution is -0.121. The third kappa shape index (κ3) is 6.25. The zero-order valence-corrected chi connectivity index (χ0v) is 13.7. The van der Waals surface area contributed by atoms with Crippen molar-refractivity contribution in [3.8, 4) is 0 Å². The molecule has 1 aliphatic rings. The number of hydrogen-bond acceptors (Lipinski definition) is 5. The van der Waals surface area contributed by atoms with E-state index < -0.39 is 12.0 Å². The third-order valence-corrected chi connectivity index (χ3v) is 4.39. The predicted octanol–water partition coefficient (Wildman–Crippen LogP) is 1.11. The minimum atomic E-state index is -1.07. The number of primary amides is 2. The van der Waals surface area contributed by atoms with E-state index in [9.17, 15) is 14.4 Å². The molecule has 0 aromatic carbocycles. The molecule has 0 spiro atoms. The highest BCUT2D eigenvalue weighted by Crippen LogP contribution is 2.27. The molecule has 2 rings (SSSR count). The standard InChI is InChI=1S/C7H8N2O3S.C7H14N2O/c1-3-2-13-5(9-7(8)12)4(3)6(10)11;8-7(10)6-3-1-2-4-9-5-6/h2H,1H3,(H,10,11)(H3,8,9,12);6,9H,1-5H2,(H2,8,10)/t;6-/m.0/s1. The fourth-order valence-corrected chi connectivity index (χ4v) is 3.11. The van der Waals surface area contributed by atoms with E-state index in [0.29, 0.717) is 5.56 Å². The second kappa shape index (κ2) is 9.11. The first-order valence-electron chi connectivity index (χ1n) is 7.20. The Bertz CT molecular complexity index is 565. The van der Waals surface area contributed by atoms with Gasteiger partial charge in [-0.05, 0) is 37.3 Å². The molecule has 2 heterocycles. The smallest absolute Gasteiger partial charge is 0.338 e. The summed E-state index contributed by atoms with van der Waals surface area (Å²) in [6, 6.07) is -0.760. The molecule has 8 nitrogen and oxygen atoms in total. The molecule has 1 aromatic heterocycles. The molecule has 9 heteroatoms. The maximum Gasteiger partial charge on any atom is 0.338 e. The highest BCUT2D eigenvalue weighted by molar-refractivity contribution is 7.15. The monoisotopic (exact) mass is 342 g/mol. The molecule has 1 saturated heterocycles. The van der Waals surface area contributed by atoms with Gasteiger partial charge in [-0.2, -0.15) is 0 Å². The van der Waals surface area contributed by atoms with Gasteiger partial charge in [0, 0.05) is 6.54 Å². The molecule has 0 aliphatic carbocycles. The van der Waals surface area contributed by atoms with E-state index >= 15 is 0 Å². The SMILES string of the molecule is Cc1csc(NC(N)=O)c1C(=O)O.NC(=O)[C@H]1CCCCNC1. The Morgan fingerprint density at radius 3 is 2.61 bits per heavy atom. The highest BCUT2D eigenvalue weighted by atomic mass is 32.1. The van der Waals surface area contributed by atoms with Crippen molar-refractivity contribution in [3.63, 3.8) is 0 Å². The van der Waals surface area contributed by atoms with Crippen molar-refractivity contribution in [2.24, 2.45) is 17.4 Å². The van der Waals surface area contributed by atoms with Crippen LogP contribution in [0.5, 0.6) is 0 Å². The zero-order valence-electron chi connectivity index (χ0n) is 12.9. The molecule has 1 fully saturated rings. The lowest BCUT2D eigenvalue weighted by atomic mass is 10.0. The molecule has 0 unspecified atom stereocenters. The van der Waals surface area contributed by atoms with Crippen molar-refractivity contribution in [1.29, 1.82) is 0 Å². The number of thiophene rings is 1. The molecule has 0 radical (unpaired) electrons. The molecule has 0 saturated carbocycles. The summed E-state index contributed by atoms with van der Waals surface area (Å²) in [6.07, 6.45) is 3.26. The Morgan fingerprint density at radius 1 is 1.35 bits per heavy atom. The van der Waals surface area contributed by atoms with E-state index in [2.05, 4.69) is 10.6 Å². The molecule has 1 aliphatic heterocycles. The number of hydrogen-bond donors (Lipinski definition) is 5. The predicted molar refractivity (Wildman–Crippen MR) is 88.6 cm³/mol. The minimum absolute atomic E-state index is 0.0718. The first kappa shape index (κ1) is 18.9. The van der Waals surface area contributed by atoms with E-state index in [4.69, 9.17) is 16.6 Å². The van der Waals surface area contributed by atoms with Gasteiger partial charge in [0.1, 0.15) is 5.00 Å². The van der Waals surface area contributed by atoms with Crippen LogP contribution in [0, 0.1) is 12.8 Å². The topological polar surface area (TPSA) is 148 Å². The van der Waals surface area contributed by atoms with Gasteiger partial charge in [0.25, 0.3) is 0 Å². The number of carbonyl (C=O) groups is 3. The second-order valence-corrected chi connectivity index (χ2v) is 6.10. The number of rotatable bonds is 3. The van der Waals surface area contributed by atoms with Crippen molar-refractivity contribution in [1.82, 2.24) is 5.32 Å². The fourth-order valence-electron chi connectivity index (χ4n) is 2.18. The van der Waals surface area contributed by atoms with Crippen LogP contribution in [0.15, 0.2) is 5.38 Å². The minimum Gasteiger partial charge on any atom is -0.478 e. The van der Waals surface area contributed by atoms with Crippen LogP contribution in [-0.4, -0.2) is 36.1 Å². The molecular formula is C14H22N4O4S. The van der Waals surface area contributed by atoms with E-state index in [1.54, 1.807) is 12.3 Å². The van der Waals surface area contributed by atoms with E-state index in [-0.39, 0.29) is 22.4 Å². The van der Waals surface area contributed by atoms with Crippen LogP contribution in [-0.2, 0) is 4.79 Å². The number of carboxylic acid groups (broad SMARTS) is 1. The number of aryl methyl sites for hydroxylation is 1. The molecule has 128 valence electrons. The Kier molecular flexibility index (Phi) is 7.49. The largest absolute Gasteiger partial charge is 0.478 e. The number of anilines is 1. The number of urea groups is 1. The summed E-state index contributed by atoms with van der Waals surface area (Å²) in [7, 11) is 0. The molecule has 1 aromatic rings. The summed E-state index contributed by atoms with van der Waals surface area (Å²) >= 11 is 1.14. The first-order chi connectivity index (χ1) is 10.8. The van der Waals surface area contributed by atoms with Crippen molar-refractivity contribution in [2.45, 2.75) is 26.2 Å². The second-order valence-electron chi connectivity index (χ2n) is 5.22. The summed E-state index contributed by atoms with van der Waals surface area (Å²) in [4.78, 5) is 31.9. The van der Waals surface area contributed by atoms with Crippen LogP contribution in [0.25, 0.3) is 0 Å². The summed E-state index contributed by atoms with van der Waals surface area (Å²) < 4.78 is 0. The lowest BCUT2D eigenvalue weighted by Crippen LogP contribution is -2.31. The molecular weight excluding hydrogens is 320 g/mol. The van der Waals surface area contributed by atoms with Crippen LogP contribution in [0.3, 0.4) is 0 Å². The number of nitrogens with two attached hydrogens (primary N) is 2. The molecule has 3 amide bonds. The Morgan fingerprint density at radius 2 is 2.04 bits per heavy atom. The van der Waals surface area contributed by atoms with Gasteiger partial charge in [0.2, 0.25) is 5.91 Å². The summed E-state index contributed by atoms with van der Waals surface area (Å²) in [6.45, 7) is 3.46. The van der Waals surface area contributed by atoms with E-state index in [1.165, 1.54) is 6.42 Å². The van der Waals surface area contributed by atoms with Gasteiger partial charge in [-0.25, -0.2) is 9.59 Å². The average molecular weight is 342 g/mol. The number of nitrogens with one attached hydrogen (secondary N) is 2. The molecule has 7 N–H and O–H groups in total. The average Bonchev–Trinajstić information content (AvgIpc) is 2.67. The van der Waals surface area contributed by atoms with Crippen LogP contribution in [0.4, 0.5) is 9.80 Å². The Hall–Kier alpha value is -2.13. The zero-order chi connectivity index (χ0) is 17.4. The van der Waals surface area contributed by atoms with Gasteiger partial charge in [-0.15, -0.1) is 11.3 Å². The summed E-state index contributed by atoms with van der Waals surface area (Å²) in [5.41, 5.74) is 10.7. The van der Waals surface area contributed by atoms with Gasteiger partial charge in [0.15, 0.2) is 0 Å². The molecule has 0 bridgehead atoms. The molecule has 23 heavy (non-hydrogen) atoms. The summed E-state index contributed by atoms with van der Waals surface area (Å²) in [5.74, 6) is -1.15. The van der Waals surface area contributed by atoms with Gasteiger partial charge in [-0.1, -0.05) is 6.42 Å². The van der Waals surface area contributed by atoms with Crippen molar-refractivity contribution in [2.75, 3.05) is 18.4 Å². The number of carboxylic acids is 1. The van der Waals surface area contributed by atoms with Crippen molar-refractivity contribution < 1.29 is 19.5 Å². The van der Waals surface area contributed by atoms with Gasteiger partial charge >= 0.3 is 12.0 Å². The van der Waals surface area contributed by atoms with Gasteiger partial charge < -0.3 is 21.9 Å². The van der Waals surface area contributed by atoms with Crippen LogP contribution in [0.2, 0.25) is 0 Å². The van der Waals surface area contributed by atoms with Crippen molar-refractivity contribution in [3.05, 3.63) is 16.5 Å². The van der Waals surface area contributed by atoms with E-state index in [1.807, 2.05) is 0 Å². The van der Waals surface area contributed by atoms with Gasteiger partial charge in [-0.3, -0.25) is 10.1 Å². The number of aromatic carboxylic acids is 1.